The fraction of sp³-hybridized carbons (Fsp3) is 0.458. The number of piperidine rings is 1. The Morgan fingerprint density at radius 3 is 2.59 bits per heavy atom. The minimum atomic E-state index is -0.935. The maximum absolute atomic E-state index is 9.65. The van der Waals surface area contributed by atoms with Gasteiger partial charge in [-0.2, -0.15) is 5.10 Å². The first-order valence-electron chi connectivity index (χ1n) is 11.6. The van der Waals surface area contributed by atoms with Crippen LogP contribution >= 0.6 is 0 Å². The van der Waals surface area contributed by atoms with Gasteiger partial charge in [-0.3, -0.25) is 10.00 Å². The van der Waals surface area contributed by atoms with E-state index in [1.807, 2.05) is 24.7 Å². The summed E-state index contributed by atoms with van der Waals surface area (Å²) in [5.74, 6) is 1.07. The zero-order valence-electron chi connectivity index (χ0n) is 19.7. The van der Waals surface area contributed by atoms with E-state index in [0.717, 1.165) is 48.2 Å². The first kappa shape index (κ1) is 22.7. The molecule has 2 atom stereocenters. The predicted octanol–water partition coefficient (Wildman–Crippen LogP) is 2.53. The number of anilines is 1. The van der Waals surface area contributed by atoms with Gasteiger partial charge in [-0.25, -0.2) is 9.97 Å². The van der Waals surface area contributed by atoms with Gasteiger partial charge in [0, 0.05) is 5.56 Å². The lowest BCUT2D eigenvalue weighted by Crippen LogP contribution is -2.31. The first-order valence-corrected chi connectivity index (χ1v) is 11.6. The Balaban J connectivity index is 1.36. The lowest BCUT2D eigenvalue weighted by Gasteiger charge is -2.28. The molecule has 0 aliphatic carbocycles. The van der Waals surface area contributed by atoms with E-state index in [1.54, 1.807) is 12.4 Å². The van der Waals surface area contributed by atoms with E-state index in [1.165, 1.54) is 0 Å². The summed E-state index contributed by atoms with van der Waals surface area (Å²) in [5.41, 5.74) is 10.9. The normalized spacial score (nSPS) is 21.8. The van der Waals surface area contributed by atoms with Gasteiger partial charge in [-0.1, -0.05) is 0 Å². The Morgan fingerprint density at radius 1 is 1.18 bits per heavy atom. The molecule has 0 amide bonds. The number of aryl methyl sites for hydroxylation is 2. The lowest BCUT2D eigenvalue weighted by molar-refractivity contribution is -0.0719. The molecule has 0 spiro atoms. The fourth-order valence-corrected chi connectivity index (χ4v) is 4.83. The number of likely N-dealkylation sites (tertiary alicyclic amines) is 1. The molecule has 0 radical (unpaired) electrons. The highest BCUT2D eigenvalue weighted by Gasteiger charge is 2.27. The molecule has 0 bridgehead atoms. The molecule has 3 aromatic rings. The van der Waals surface area contributed by atoms with Crippen molar-refractivity contribution in [1.29, 1.82) is 0 Å². The highest BCUT2D eigenvalue weighted by molar-refractivity contribution is 5.64. The van der Waals surface area contributed by atoms with Gasteiger partial charge < -0.3 is 25.2 Å². The molecule has 2 saturated heterocycles. The van der Waals surface area contributed by atoms with Crippen molar-refractivity contribution in [3.05, 3.63) is 47.4 Å². The van der Waals surface area contributed by atoms with E-state index >= 15 is 0 Å². The minimum absolute atomic E-state index is 0.0541. The summed E-state index contributed by atoms with van der Waals surface area (Å²) in [4.78, 5) is 11.3. The summed E-state index contributed by atoms with van der Waals surface area (Å²) in [6, 6.07) is 4.42. The molecule has 10 nitrogen and oxygen atoms in total. The molecular weight excluding hydrogens is 434 g/mol. The number of nitrogens with zero attached hydrogens (tertiary/aromatic N) is 5. The van der Waals surface area contributed by atoms with Crippen molar-refractivity contribution in [1.82, 2.24) is 30.0 Å². The van der Waals surface area contributed by atoms with Crippen LogP contribution in [0.2, 0.25) is 0 Å². The Kier molecular flexibility index (Phi) is 6.22. The molecule has 4 heterocycles. The molecule has 2 unspecified atom stereocenters. The summed E-state index contributed by atoms with van der Waals surface area (Å²) in [7, 11) is 2.14. The molecular formula is C24H31N7O3. The second kappa shape index (κ2) is 9.30. The molecule has 2 aromatic heterocycles. The van der Waals surface area contributed by atoms with Gasteiger partial charge in [0.25, 0.3) is 5.88 Å². The van der Waals surface area contributed by atoms with Crippen molar-refractivity contribution in [3.8, 4) is 22.9 Å². The number of benzene rings is 1. The molecule has 180 valence electrons. The maximum Gasteiger partial charge on any atom is 0.263 e. The molecule has 2 aliphatic heterocycles. The number of rotatable bonds is 5. The number of aromatic nitrogens is 4. The summed E-state index contributed by atoms with van der Waals surface area (Å²) in [6.45, 7) is 6.62. The zero-order chi connectivity index (χ0) is 23.8. The number of hydrogen-bond acceptors (Lipinski definition) is 9. The van der Waals surface area contributed by atoms with Crippen LogP contribution in [0.15, 0.2) is 30.7 Å². The highest BCUT2D eigenvalue weighted by atomic mass is 16.6. The van der Waals surface area contributed by atoms with Crippen molar-refractivity contribution in [2.24, 2.45) is 0 Å². The van der Waals surface area contributed by atoms with Crippen LogP contribution < -0.4 is 15.8 Å². The number of nitrogen functional groups attached to an aromatic ring is 1. The van der Waals surface area contributed by atoms with Gasteiger partial charge in [-0.15, -0.1) is 0 Å². The van der Waals surface area contributed by atoms with Crippen LogP contribution in [-0.4, -0.2) is 62.9 Å². The van der Waals surface area contributed by atoms with Gasteiger partial charge in [0.1, 0.15) is 0 Å². The number of aliphatic hydroxyl groups excluding tert-OH is 1. The van der Waals surface area contributed by atoms with Gasteiger partial charge in [0.05, 0.1) is 43.0 Å². The van der Waals surface area contributed by atoms with Crippen molar-refractivity contribution in [2.45, 2.75) is 45.2 Å². The van der Waals surface area contributed by atoms with Gasteiger partial charge in [0.15, 0.2) is 11.6 Å². The second-order valence-electron chi connectivity index (χ2n) is 9.17. The Hall–Kier alpha value is -3.05. The van der Waals surface area contributed by atoms with Crippen LogP contribution in [0.5, 0.6) is 11.6 Å². The van der Waals surface area contributed by atoms with Crippen LogP contribution in [0.25, 0.3) is 11.3 Å². The predicted molar refractivity (Wildman–Crippen MR) is 127 cm³/mol. The van der Waals surface area contributed by atoms with Gasteiger partial charge in [-0.05, 0) is 75.6 Å². The topological polar surface area (TPSA) is 124 Å². The molecule has 34 heavy (non-hydrogen) atoms. The van der Waals surface area contributed by atoms with E-state index < -0.39 is 6.41 Å². The molecule has 2 fully saturated rings. The van der Waals surface area contributed by atoms with Crippen LogP contribution in [-0.2, 0) is 4.74 Å². The third-order valence-corrected chi connectivity index (χ3v) is 6.62. The molecule has 0 saturated carbocycles. The smallest absolute Gasteiger partial charge is 0.263 e. The summed E-state index contributed by atoms with van der Waals surface area (Å²) in [5, 5.41) is 17.2. The molecule has 4 N–H and O–H groups in total. The second-order valence-corrected chi connectivity index (χ2v) is 9.17. The average molecular weight is 466 g/mol. The van der Waals surface area contributed by atoms with E-state index in [2.05, 4.69) is 44.5 Å². The molecule has 2 aliphatic rings. The molecule has 10 heteroatoms. The number of nitrogens with one attached hydrogen (secondary N) is 1. The minimum Gasteiger partial charge on any atom is -0.433 e. The van der Waals surface area contributed by atoms with Crippen LogP contribution in [0.3, 0.4) is 0 Å². The monoisotopic (exact) mass is 465 g/mol. The van der Waals surface area contributed by atoms with Gasteiger partial charge >= 0.3 is 0 Å². The van der Waals surface area contributed by atoms with E-state index in [0.29, 0.717) is 24.1 Å². The fourth-order valence-electron chi connectivity index (χ4n) is 4.83. The lowest BCUT2D eigenvalue weighted by atomic mass is 9.93. The number of hydrogen-bond donors (Lipinski definition) is 3. The van der Waals surface area contributed by atoms with Crippen molar-refractivity contribution in [3.63, 3.8) is 0 Å². The molecule has 5 rings (SSSR count). The number of aliphatic hydroxyl groups is 1. The Morgan fingerprint density at radius 2 is 1.91 bits per heavy atom. The van der Waals surface area contributed by atoms with Crippen LogP contribution in [0.1, 0.15) is 41.6 Å². The summed E-state index contributed by atoms with van der Waals surface area (Å²) >= 11 is 0. The third-order valence-electron chi connectivity index (χ3n) is 6.62. The summed E-state index contributed by atoms with van der Waals surface area (Å²) < 4.78 is 13.2. The SMILES string of the molecule is Cc1cc(-c2cnc(N)c(Oc3cnn(C4CCN(C)CC4)c3)n2)cc(C)c1C1COC(O)N1. The van der Waals surface area contributed by atoms with Crippen molar-refractivity contribution < 1.29 is 14.6 Å². The number of ether oxygens (including phenoxy) is 2. The van der Waals surface area contributed by atoms with Gasteiger partial charge in [0.2, 0.25) is 6.41 Å². The largest absolute Gasteiger partial charge is 0.433 e. The van der Waals surface area contributed by atoms with E-state index in [4.69, 9.17) is 15.2 Å². The zero-order valence-corrected chi connectivity index (χ0v) is 19.7. The quantitative estimate of drug-likeness (QED) is 0.521. The van der Waals surface area contributed by atoms with E-state index in [9.17, 15) is 5.11 Å². The molecule has 1 aromatic carbocycles. The highest BCUT2D eigenvalue weighted by Crippen LogP contribution is 2.33. The van der Waals surface area contributed by atoms with Crippen molar-refractivity contribution in [2.75, 3.05) is 32.5 Å². The van der Waals surface area contributed by atoms with Crippen LogP contribution in [0.4, 0.5) is 5.82 Å². The summed E-state index contributed by atoms with van der Waals surface area (Å²) in [6.07, 6.45) is 6.43. The van der Waals surface area contributed by atoms with Crippen LogP contribution in [0, 0.1) is 13.8 Å². The third kappa shape index (κ3) is 4.62. The standard InChI is InChI=1S/C24H31N7O3/c1-14-8-16(9-15(2)21(14)20-13-33-24(32)29-20)19-11-26-22(25)23(28-19)34-18-10-27-31(12-18)17-4-6-30(3)7-5-17/h8-12,17,20,24,29,32H,4-7,13H2,1-3H3,(H2,25,26). The van der Waals surface area contributed by atoms with Crippen molar-refractivity contribution >= 4 is 5.82 Å². The first-order chi connectivity index (χ1) is 16.4. The average Bonchev–Trinajstić information content (AvgIpc) is 3.44. The Bertz CT molecular complexity index is 1150. The van der Waals surface area contributed by atoms with E-state index in [-0.39, 0.29) is 17.7 Å². The maximum atomic E-state index is 9.65. The Labute approximate surface area is 198 Å². The number of nitrogens with two attached hydrogens (primary N) is 1.